The van der Waals surface area contributed by atoms with Crippen molar-refractivity contribution in [1.82, 2.24) is 10.6 Å². The summed E-state index contributed by atoms with van der Waals surface area (Å²) in [5, 5.41) is 9.27. The Labute approximate surface area is 142 Å². The zero-order chi connectivity index (χ0) is 17.4. The van der Waals surface area contributed by atoms with Crippen LogP contribution in [0, 0.1) is 5.92 Å². The monoisotopic (exact) mass is 334 g/mol. The predicted octanol–water partition coefficient (Wildman–Crippen LogP) is 1.61. The quantitative estimate of drug-likeness (QED) is 0.382. The minimum absolute atomic E-state index is 0.149. The predicted molar refractivity (Wildman–Crippen MR) is 94.9 cm³/mol. The van der Waals surface area contributed by atoms with Gasteiger partial charge in [0.05, 0.1) is 13.7 Å². The summed E-state index contributed by atoms with van der Waals surface area (Å²) in [6, 6.07) is 5.60. The number of rotatable bonds is 8. The fraction of sp³-hybridized carbons (Fsp3) is 0.529. The molecule has 0 heterocycles. The standard InChI is InChI=1S/C17H26N4O3/c1-4-24-15-11-13(7-8-14(15)23-3)21-17(18-2)20-10-9-19-16(22)12-5-6-12/h7-8,11-12H,4-6,9-10H2,1-3H3,(H,19,22)(H2,18,20,21). The molecule has 0 bridgehead atoms. The van der Waals surface area contributed by atoms with Gasteiger partial charge in [0.1, 0.15) is 0 Å². The smallest absolute Gasteiger partial charge is 0.223 e. The number of benzene rings is 1. The lowest BCUT2D eigenvalue weighted by molar-refractivity contribution is -0.122. The molecule has 0 spiro atoms. The maximum absolute atomic E-state index is 11.6. The molecule has 1 aliphatic carbocycles. The van der Waals surface area contributed by atoms with E-state index in [2.05, 4.69) is 20.9 Å². The summed E-state index contributed by atoms with van der Waals surface area (Å²) in [5.41, 5.74) is 0.842. The number of ether oxygens (including phenoxy) is 2. The number of hydrogen-bond acceptors (Lipinski definition) is 4. The Morgan fingerprint density at radius 1 is 1.25 bits per heavy atom. The van der Waals surface area contributed by atoms with Crippen molar-refractivity contribution in [2.45, 2.75) is 19.8 Å². The van der Waals surface area contributed by atoms with Crippen LogP contribution in [0.5, 0.6) is 11.5 Å². The minimum atomic E-state index is 0.149. The molecular formula is C17H26N4O3. The maximum Gasteiger partial charge on any atom is 0.223 e. The summed E-state index contributed by atoms with van der Waals surface area (Å²) < 4.78 is 10.8. The highest BCUT2D eigenvalue weighted by atomic mass is 16.5. The van der Waals surface area contributed by atoms with Crippen LogP contribution in [0.1, 0.15) is 19.8 Å². The van der Waals surface area contributed by atoms with Gasteiger partial charge in [0.2, 0.25) is 5.91 Å². The number of anilines is 1. The van der Waals surface area contributed by atoms with Gasteiger partial charge in [-0.15, -0.1) is 0 Å². The molecule has 1 saturated carbocycles. The summed E-state index contributed by atoms with van der Waals surface area (Å²) in [4.78, 5) is 15.7. The Hall–Kier alpha value is -2.44. The summed E-state index contributed by atoms with van der Waals surface area (Å²) in [6.07, 6.45) is 2.03. The largest absolute Gasteiger partial charge is 0.493 e. The van der Waals surface area contributed by atoms with Gasteiger partial charge < -0.3 is 25.4 Å². The summed E-state index contributed by atoms with van der Waals surface area (Å²) >= 11 is 0. The first-order valence-electron chi connectivity index (χ1n) is 8.24. The Balaban J connectivity index is 1.83. The number of guanidine groups is 1. The van der Waals surface area contributed by atoms with Crippen LogP contribution in [0.4, 0.5) is 5.69 Å². The van der Waals surface area contributed by atoms with E-state index < -0.39 is 0 Å². The molecule has 7 nitrogen and oxygen atoms in total. The molecule has 7 heteroatoms. The number of carbonyl (C=O) groups is 1. The van der Waals surface area contributed by atoms with Crippen molar-refractivity contribution in [2.75, 3.05) is 39.2 Å². The molecule has 1 fully saturated rings. The van der Waals surface area contributed by atoms with E-state index >= 15 is 0 Å². The van der Waals surface area contributed by atoms with Crippen LogP contribution in [-0.4, -0.2) is 45.7 Å². The number of methoxy groups -OCH3 is 1. The fourth-order valence-corrected chi connectivity index (χ4v) is 2.20. The first-order valence-corrected chi connectivity index (χ1v) is 8.24. The molecule has 0 unspecified atom stereocenters. The van der Waals surface area contributed by atoms with Crippen LogP contribution >= 0.6 is 0 Å². The van der Waals surface area contributed by atoms with Crippen LogP contribution in [0.25, 0.3) is 0 Å². The van der Waals surface area contributed by atoms with Crippen LogP contribution < -0.4 is 25.4 Å². The van der Waals surface area contributed by atoms with E-state index in [0.29, 0.717) is 37.2 Å². The second kappa shape index (κ2) is 9.00. The van der Waals surface area contributed by atoms with Crippen molar-refractivity contribution in [3.05, 3.63) is 18.2 Å². The molecule has 1 aromatic carbocycles. The van der Waals surface area contributed by atoms with Crippen molar-refractivity contribution >= 4 is 17.6 Å². The normalized spacial score (nSPS) is 14.0. The van der Waals surface area contributed by atoms with Gasteiger partial charge in [0.15, 0.2) is 17.5 Å². The lowest BCUT2D eigenvalue weighted by Gasteiger charge is -2.15. The van der Waals surface area contributed by atoms with E-state index in [1.807, 2.05) is 25.1 Å². The second-order valence-electron chi connectivity index (χ2n) is 5.49. The Bertz CT molecular complexity index is 585. The molecule has 132 valence electrons. The first-order chi connectivity index (χ1) is 11.7. The van der Waals surface area contributed by atoms with Gasteiger partial charge in [-0.05, 0) is 31.9 Å². The van der Waals surface area contributed by atoms with E-state index in [4.69, 9.17) is 9.47 Å². The molecule has 2 rings (SSSR count). The summed E-state index contributed by atoms with van der Waals surface area (Å²) in [6.45, 7) is 3.67. The SMILES string of the molecule is CCOc1cc(NC(=NC)NCCNC(=O)C2CC2)ccc1OC. The van der Waals surface area contributed by atoms with Crippen LogP contribution in [0.3, 0.4) is 0 Å². The number of hydrogen-bond donors (Lipinski definition) is 3. The van der Waals surface area contributed by atoms with Gasteiger partial charge in [-0.25, -0.2) is 0 Å². The maximum atomic E-state index is 11.6. The average Bonchev–Trinajstić information content (AvgIpc) is 3.43. The number of carbonyl (C=O) groups excluding carboxylic acids is 1. The molecule has 1 amide bonds. The summed E-state index contributed by atoms with van der Waals surface area (Å²) in [5.74, 6) is 2.38. The van der Waals surface area contributed by atoms with Crippen molar-refractivity contribution < 1.29 is 14.3 Å². The van der Waals surface area contributed by atoms with E-state index in [9.17, 15) is 4.79 Å². The minimum Gasteiger partial charge on any atom is -0.493 e. The van der Waals surface area contributed by atoms with Crippen molar-refractivity contribution in [3.8, 4) is 11.5 Å². The number of aliphatic imine (C=N–C) groups is 1. The molecule has 0 aliphatic heterocycles. The van der Waals surface area contributed by atoms with E-state index in [1.54, 1.807) is 14.2 Å². The highest BCUT2D eigenvalue weighted by Gasteiger charge is 2.28. The summed E-state index contributed by atoms with van der Waals surface area (Å²) in [7, 11) is 3.31. The Kier molecular flexibility index (Phi) is 6.72. The Morgan fingerprint density at radius 3 is 2.62 bits per heavy atom. The van der Waals surface area contributed by atoms with Gasteiger partial charge in [-0.3, -0.25) is 9.79 Å². The van der Waals surface area contributed by atoms with E-state index in [-0.39, 0.29) is 11.8 Å². The molecule has 24 heavy (non-hydrogen) atoms. The topological polar surface area (TPSA) is 84.0 Å². The lowest BCUT2D eigenvalue weighted by atomic mass is 10.2. The zero-order valence-electron chi connectivity index (χ0n) is 14.5. The molecule has 0 aromatic heterocycles. The van der Waals surface area contributed by atoms with Gasteiger partial charge in [0, 0.05) is 37.8 Å². The van der Waals surface area contributed by atoms with E-state index in [1.165, 1.54) is 0 Å². The van der Waals surface area contributed by atoms with Crippen molar-refractivity contribution in [1.29, 1.82) is 0 Å². The highest BCUT2D eigenvalue weighted by Crippen LogP contribution is 2.30. The average molecular weight is 334 g/mol. The first kappa shape index (κ1) is 17.9. The fourth-order valence-electron chi connectivity index (χ4n) is 2.20. The van der Waals surface area contributed by atoms with Crippen molar-refractivity contribution in [3.63, 3.8) is 0 Å². The van der Waals surface area contributed by atoms with Gasteiger partial charge in [0.25, 0.3) is 0 Å². The highest BCUT2D eigenvalue weighted by molar-refractivity contribution is 5.93. The number of nitrogens with zero attached hydrogens (tertiary/aromatic N) is 1. The van der Waals surface area contributed by atoms with E-state index in [0.717, 1.165) is 18.5 Å². The van der Waals surface area contributed by atoms with Gasteiger partial charge in [-0.1, -0.05) is 0 Å². The van der Waals surface area contributed by atoms with Crippen LogP contribution in [0.2, 0.25) is 0 Å². The third-order valence-electron chi connectivity index (χ3n) is 3.61. The third-order valence-corrected chi connectivity index (χ3v) is 3.61. The molecule has 1 aromatic rings. The zero-order valence-corrected chi connectivity index (χ0v) is 14.5. The molecule has 1 aliphatic rings. The van der Waals surface area contributed by atoms with Crippen molar-refractivity contribution in [2.24, 2.45) is 10.9 Å². The lowest BCUT2D eigenvalue weighted by Crippen LogP contribution is -2.38. The number of amides is 1. The second-order valence-corrected chi connectivity index (χ2v) is 5.49. The molecule has 0 saturated heterocycles. The van der Waals surface area contributed by atoms with Crippen LogP contribution in [-0.2, 0) is 4.79 Å². The van der Waals surface area contributed by atoms with Crippen LogP contribution in [0.15, 0.2) is 23.2 Å². The molecule has 0 radical (unpaired) electrons. The molecular weight excluding hydrogens is 308 g/mol. The third kappa shape index (κ3) is 5.33. The number of nitrogens with one attached hydrogen (secondary N) is 3. The molecule has 3 N–H and O–H groups in total. The van der Waals surface area contributed by atoms with Gasteiger partial charge in [-0.2, -0.15) is 0 Å². The van der Waals surface area contributed by atoms with Gasteiger partial charge >= 0.3 is 0 Å². The molecule has 0 atom stereocenters. The Morgan fingerprint density at radius 2 is 2.00 bits per heavy atom.